The largest absolute Gasteiger partial charge is 0.485 e. The lowest BCUT2D eigenvalue weighted by Crippen LogP contribution is -2.17. The fourth-order valence-corrected chi connectivity index (χ4v) is 4.12. The van der Waals surface area contributed by atoms with Crippen LogP contribution in [0.15, 0.2) is 21.3 Å². The van der Waals surface area contributed by atoms with Gasteiger partial charge >= 0.3 is 0 Å². The molecule has 0 amide bonds. The number of hydrogen-bond acceptors (Lipinski definition) is 5. The van der Waals surface area contributed by atoms with E-state index in [-0.39, 0.29) is 0 Å². The van der Waals surface area contributed by atoms with Gasteiger partial charge in [-0.15, -0.1) is 22.7 Å². The Morgan fingerprint density at radius 1 is 1.17 bits per heavy atom. The molecule has 0 unspecified atom stereocenters. The van der Waals surface area contributed by atoms with Gasteiger partial charge < -0.3 is 14.8 Å². The molecule has 6 heteroatoms. The molecule has 0 fully saturated rings. The SMILES string of the molecule is Brc1ccsc1CNCc1scc2c1OCCO2. The van der Waals surface area contributed by atoms with Crippen LogP contribution in [0.5, 0.6) is 11.5 Å². The third-order valence-electron chi connectivity index (χ3n) is 2.63. The molecule has 18 heavy (non-hydrogen) atoms. The monoisotopic (exact) mass is 345 g/mol. The van der Waals surface area contributed by atoms with Crippen molar-refractivity contribution in [3.8, 4) is 11.5 Å². The average Bonchev–Trinajstić information content (AvgIpc) is 2.97. The van der Waals surface area contributed by atoms with Crippen molar-refractivity contribution in [1.82, 2.24) is 5.32 Å². The summed E-state index contributed by atoms with van der Waals surface area (Å²) in [5, 5.41) is 7.55. The lowest BCUT2D eigenvalue weighted by Gasteiger charge is -2.16. The van der Waals surface area contributed by atoms with E-state index in [0.717, 1.165) is 24.6 Å². The summed E-state index contributed by atoms with van der Waals surface area (Å²) >= 11 is 6.97. The minimum atomic E-state index is 0.646. The Bertz CT molecular complexity index is 538. The second-order valence-electron chi connectivity index (χ2n) is 3.84. The summed E-state index contributed by atoms with van der Waals surface area (Å²) in [6.07, 6.45) is 0. The number of rotatable bonds is 4. The molecule has 0 atom stereocenters. The van der Waals surface area contributed by atoms with Crippen LogP contribution in [0.2, 0.25) is 0 Å². The number of hydrogen-bond donors (Lipinski definition) is 1. The molecule has 0 radical (unpaired) electrons. The minimum absolute atomic E-state index is 0.646. The highest BCUT2D eigenvalue weighted by atomic mass is 79.9. The van der Waals surface area contributed by atoms with E-state index in [9.17, 15) is 0 Å². The third-order valence-corrected chi connectivity index (χ3v) is 5.51. The van der Waals surface area contributed by atoms with E-state index in [0.29, 0.717) is 13.2 Å². The van der Waals surface area contributed by atoms with Crippen molar-refractivity contribution < 1.29 is 9.47 Å². The number of thiophene rings is 2. The Hall–Kier alpha value is -0.560. The van der Waals surface area contributed by atoms with Crippen LogP contribution in [-0.4, -0.2) is 13.2 Å². The van der Waals surface area contributed by atoms with Gasteiger partial charge in [-0.3, -0.25) is 0 Å². The first-order valence-electron chi connectivity index (χ1n) is 5.63. The Morgan fingerprint density at radius 2 is 2.00 bits per heavy atom. The second-order valence-corrected chi connectivity index (χ2v) is 6.66. The zero-order valence-corrected chi connectivity index (χ0v) is 12.8. The fourth-order valence-electron chi connectivity index (χ4n) is 1.78. The standard InChI is InChI=1S/C12H12BrNO2S2/c13-8-1-4-17-10(8)5-14-6-11-12-9(7-18-11)15-2-3-16-12/h1,4,7,14H,2-3,5-6H2. The van der Waals surface area contributed by atoms with E-state index in [4.69, 9.17) is 9.47 Å². The Morgan fingerprint density at radius 3 is 2.83 bits per heavy atom. The van der Waals surface area contributed by atoms with Gasteiger partial charge in [0.15, 0.2) is 11.5 Å². The lowest BCUT2D eigenvalue weighted by atomic mass is 10.3. The quantitative estimate of drug-likeness (QED) is 0.917. The van der Waals surface area contributed by atoms with Crippen molar-refractivity contribution in [2.45, 2.75) is 13.1 Å². The highest BCUT2D eigenvalue weighted by Gasteiger charge is 2.18. The van der Waals surface area contributed by atoms with E-state index >= 15 is 0 Å². The van der Waals surface area contributed by atoms with Crippen LogP contribution in [0.25, 0.3) is 0 Å². The van der Waals surface area contributed by atoms with Crippen LogP contribution in [-0.2, 0) is 13.1 Å². The molecule has 3 rings (SSSR count). The van der Waals surface area contributed by atoms with Crippen molar-refractivity contribution in [2.24, 2.45) is 0 Å². The summed E-state index contributed by atoms with van der Waals surface area (Å²) in [7, 11) is 0. The van der Waals surface area contributed by atoms with Crippen molar-refractivity contribution in [3.63, 3.8) is 0 Å². The van der Waals surface area contributed by atoms with Crippen molar-refractivity contribution in [3.05, 3.63) is 31.1 Å². The molecule has 2 aromatic rings. The van der Waals surface area contributed by atoms with Gasteiger partial charge in [0.2, 0.25) is 0 Å². The van der Waals surface area contributed by atoms with Crippen LogP contribution in [0, 0.1) is 0 Å². The fraction of sp³-hybridized carbons (Fsp3) is 0.333. The average molecular weight is 346 g/mol. The summed E-state index contributed by atoms with van der Waals surface area (Å²) in [5.74, 6) is 1.81. The summed E-state index contributed by atoms with van der Waals surface area (Å²) in [6.45, 7) is 2.98. The normalized spacial score (nSPS) is 13.8. The molecular formula is C12H12BrNO2S2. The highest BCUT2D eigenvalue weighted by molar-refractivity contribution is 9.10. The molecule has 2 aromatic heterocycles. The van der Waals surface area contributed by atoms with Crippen LogP contribution < -0.4 is 14.8 Å². The van der Waals surface area contributed by atoms with Crippen LogP contribution >= 0.6 is 38.6 Å². The van der Waals surface area contributed by atoms with Crippen LogP contribution in [0.1, 0.15) is 9.75 Å². The van der Waals surface area contributed by atoms with E-state index < -0.39 is 0 Å². The third kappa shape index (κ3) is 2.56. The molecule has 0 saturated heterocycles. The first-order valence-corrected chi connectivity index (χ1v) is 8.18. The number of fused-ring (bicyclic) bond motifs is 1. The van der Waals surface area contributed by atoms with Crippen molar-refractivity contribution >= 4 is 38.6 Å². The number of nitrogens with one attached hydrogen (secondary N) is 1. The maximum atomic E-state index is 5.64. The molecule has 0 bridgehead atoms. The molecule has 0 spiro atoms. The second kappa shape index (κ2) is 5.61. The van der Waals surface area contributed by atoms with Crippen molar-refractivity contribution in [1.29, 1.82) is 0 Å². The molecule has 1 N–H and O–H groups in total. The van der Waals surface area contributed by atoms with E-state index in [1.165, 1.54) is 14.2 Å². The van der Waals surface area contributed by atoms with Crippen molar-refractivity contribution in [2.75, 3.05) is 13.2 Å². The molecule has 96 valence electrons. The van der Waals surface area contributed by atoms with Gasteiger partial charge in [0.25, 0.3) is 0 Å². The molecule has 0 aliphatic carbocycles. The number of halogens is 1. The van der Waals surface area contributed by atoms with Gasteiger partial charge in [0.05, 0.1) is 4.88 Å². The summed E-state index contributed by atoms with van der Waals surface area (Å²) in [5.41, 5.74) is 0. The van der Waals surface area contributed by atoms with Gasteiger partial charge in [-0.25, -0.2) is 0 Å². The Kier molecular flexibility index (Phi) is 3.88. The Labute approximate surface area is 122 Å². The number of ether oxygens (including phenoxy) is 2. The van der Waals surface area contributed by atoms with Gasteiger partial charge in [0.1, 0.15) is 13.2 Å². The molecule has 0 saturated carbocycles. The lowest BCUT2D eigenvalue weighted by molar-refractivity contribution is 0.172. The summed E-state index contributed by atoms with van der Waals surface area (Å²) in [6, 6.07) is 2.08. The predicted octanol–water partition coefficient (Wildman–Crippen LogP) is 3.63. The minimum Gasteiger partial charge on any atom is -0.485 e. The smallest absolute Gasteiger partial charge is 0.176 e. The molecule has 0 aromatic carbocycles. The van der Waals surface area contributed by atoms with Gasteiger partial charge in [-0.2, -0.15) is 0 Å². The van der Waals surface area contributed by atoms with Gasteiger partial charge in [-0.05, 0) is 27.4 Å². The van der Waals surface area contributed by atoms with E-state index in [1.807, 2.05) is 5.38 Å². The first kappa shape index (κ1) is 12.5. The molecule has 1 aliphatic heterocycles. The van der Waals surface area contributed by atoms with Crippen LogP contribution in [0.4, 0.5) is 0 Å². The molecule has 3 nitrogen and oxygen atoms in total. The van der Waals surface area contributed by atoms with Crippen LogP contribution in [0.3, 0.4) is 0 Å². The predicted molar refractivity (Wildman–Crippen MR) is 77.9 cm³/mol. The molecule has 1 aliphatic rings. The zero-order chi connectivity index (χ0) is 12.4. The summed E-state index contributed by atoms with van der Waals surface area (Å²) < 4.78 is 12.3. The molecular weight excluding hydrogens is 334 g/mol. The van der Waals surface area contributed by atoms with Gasteiger partial charge in [-0.1, -0.05) is 0 Å². The zero-order valence-electron chi connectivity index (χ0n) is 9.57. The maximum Gasteiger partial charge on any atom is 0.176 e. The topological polar surface area (TPSA) is 30.5 Å². The van der Waals surface area contributed by atoms with E-state index in [2.05, 4.69) is 32.7 Å². The highest BCUT2D eigenvalue weighted by Crippen LogP contribution is 2.39. The molecule has 3 heterocycles. The van der Waals surface area contributed by atoms with Gasteiger partial charge in [0, 0.05) is 27.8 Å². The van der Waals surface area contributed by atoms with E-state index in [1.54, 1.807) is 22.7 Å². The summed E-state index contributed by atoms with van der Waals surface area (Å²) in [4.78, 5) is 2.52. The Balaban J connectivity index is 1.60. The maximum absolute atomic E-state index is 5.64. The first-order chi connectivity index (χ1) is 8.84.